The van der Waals surface area contributed by atoms with Crippen LogP contribution in [0.25, 0.3) is 0 Å². The number of halogens is 4. The SMILES string of the molecule is Nc1cc(Br)nc(Oc2ccc(C(F)(F)F)cc2)n1. The van der Waals surface area contributed by atoms with Gasteiger partial charge in [0.05, 0.1) is 5.56 Å². The van der Waals surface area contributed by atoms with Crippen molar-refractivity contribution < 1.29 is 17.9 Å². The van der Waals surface area contributed by atoms with Crippen LogP contribution in [-0.2, 0) is 6.18 Å². The average molecular weight is 334 g/mol. The van der Waals surface area contributed by atoms with Gasteiger partial charge in [0.25, 0.3) is 0 Å². The van der Waals surface area contributed by atoms with E-state index in [2.05, 4.69) is 25.9 Å². The van der Waals surface area contributed by atoms with Crippen LogP contribution in [0.1, 0.15) is 5.56 Å². The maximum atomic E-state index is 12.4. The summed E-state index contributed by atoms with van der Waals surface area (Å²) in [5.41, 5.74) is 4.73. The molecule has 100 valence electrons. The first-order valence-electron chi connectivity index (χ1n) is 5.00. The van der Waals surface area contributed by atoms with Gasteiger partial charge >= 0.3 is 12.2 Å². The van der Waals surface area contributed by atoms with Gasteiger partial charge in [0.15, 0.2) is 0 Å². The van der Waals surface area contributed by atoms with Gasteiger partial charge in [0, 0.05) is 6.07 Å². The first-order valence-corrected chi connectivity index (χ1v) is 5.79. The molecule has 2 rings (SSSR count). The van der Waals surface area contributed by atoms with E-state index in [1.807, 2.05) is 0 Å². The number of ether oxygens (including phenoxy) is 1. The quantitative estimate of drug-likeness (QED) is 0.852. The van der Waals surface area contributed by atoms with Gasteiger partial charge in [0.1, 0.15) is 16.2 Å². The Morgan fingerprint density at radius 3 is 2.26 bits per heavy atom. The largest absolute Gasteiger partial charge is 0.424 e. The molecule has 0 unspecified atom stereocenters. The maximum Gasteiger partial charge on any atom is 0.416 e. The molecule has 8 heteroatoms. The molecule has 0 saturated heterocycles. The second-order valence-electron chi connectivity index (χ2n) is 3.52. The van der Waals surface area contributed by atoms with Crippen molar-refractivity contribution in [3.8, 4) is 11.8 Å². The van der Waals surface area contributed by atoms with Gasteiger partial charge in [-0.3, -0.25) is 0 Å². The van der Waals surface area contributed by atoms with Crippen molar-refractivity contribution in [3.63, 3.8) is 0 Å². The molecular weight excluding hydrogens is 327 g/mol. The lowest BCUT2D eigenvalue weighted by Crippen LogP contribution is -2.04. The molecule has 0 fully saturated rings. The van der Waals surface area contributed by atoms with Crippen LogP contribution in [0.15, 0.2) is 34.9 Å². The van der Waals surface area contributed by atoms with E-state index in [4.69, 9.17) is 10.5 Å². The Balaban J connectivity index is 2.20. The van der Waals surface area contributed by atoms with Gasteiger partial charge < -0.3 is 10.5 Å². The molecule has 1 aromatic heterocycles. The standard InChI is InChI=1S/C11H7BrF3N3O/c12-8-5-9(16)18-10(17-8)19-7-3-1-6(2-4-7)11(13,14)15/h1-5H,(H2,16,17,18). The van der Waals surface area contributed by atoms with Crippen molar-refractivity contribution in [2.75, 3.05) is 5.73 Å². The molecule has 0 aliphatic carbocycles. The van der Waals surface area contributed by atoms with Gasteiger partial charge in [-0.15, -0.1) is 0 Å². The lowest BCUT2D eigenvalue weighted by atomic mass is 10.2. The zero-order chi connectivity index (χ0) is 14.0. The minimum Gasteiger partial charge on any atom is -0.424 e. The Kier molecular flexibility index (Phi) is 3.61. The van der Waals surface area contributed by atoms with Gasteiger partial charge in [-0.25, -0.2) is 0 Å². The second kappa shape index (κ2) is 5.04. The Hall–Kier alpha value is -1.83. The molecule has 0 spiro atoms. The highest BCUT2D eigenvalue weighted by molar-refractivity contribution is 9.10. The molecule has 0 bridgehead atoms. The average Bonchev–Trinajstić information content (AvgIpc) is 2.26. The fraction of sp³-hybridized carbons (Fsp3) is 0.0909. The van der Waals surface area contributed by atoms with Crippen LogP contribution >= 0.6 is 15.9 Å². The fourth-order valence-corrected chi connectivity index (χ4v) is 1.66. The van der Waals surface area contributed by atoms with Crippen molar-refractivity contribution in [1.29, 1.82) is 0 Å². The summed E-state index contributed by atoms with van der Waals surface area (Å²) in [5.74, 6) is 0.370. The summed E-state index contributed by atoms with van der Waals surface area (Å²) < 4.78 is 42.7. The van der Waals surface area contributed by atoms with Gasteiger partial charge in [-0.2, -0.15) is 23.1 Å². The Morgan fingerprint density at radius 1 is 1.11 bits per heavy atom. The maximum absolute atomic E-state index is 12.4. The molecule has 0 atom stereocenters. The van der Waals surface area contributed by atoms with Crippen molar-refractivity contribution in [2.24, 2.45) is 0 Å². The van der Waals surface area contributed by atoms with Gasteiger partial charge in [-0.05, 0) is 40.2 Å². The number of rotatable bonds is 2. The van der Waals surface area contributed by atoms with E-state index in [9.17, 15) is 13.2 Å². The zero-order valence-corrected chi connectivity index (χ0v) is 10.9. The number of benzene rings is 1. The van der Waals surface area contributed by atoms with Crippen LogP contribution in [0, 0.1) is 0 Å². The number of nitrogens with two attached hydrogens (primary N) is 1. The molecule has 2 aromatic rings. The number of aromatic nitrogens is 2. The minimum absolute atomic E-state index is 0.0494. The smallest absolute Gasteiger partial charge is 0.416 e. The number of alkyl halides is 3. The molecule has 0 aliphatic rings. The normalized spacial score (nSPS) is 11.4. The monoisotopic (exact) mass is 333 g/mol. The molecule has 1 aromatic carbocycles. The van der Waals surface area contributed by atoms with Crippen LogP contribution < -0.4 is 10.5 Å². The minimum atomic E-state index is -4.38. The third-order valence-corrected chi connectivity index (χ3v) is 2.49. The lowest BCUT2D eigenvalue weighted by molar-refractivity contribution is -0.137. The van der Waals surface area contributed by atoms with Crippen LogP contribution in [0.5, 0.6) is 11.8 Å². The van der Waals surface area contributed by atoms with E-state index in [-0.39, 0.29) is 17.6 Å². The van der Waals surface area contributed by atoms with E-state index in [1.165, 1.54) is 18.2 Å². The summed E-state index contributed by atoms with van der Waals surface area (Å²) in [6, 6.07) is 5.62. The van der Waals surface area contributed by atoms with Crippen LogP contribution in [0.3, 0.4) is 0 Å². The van der Waals surface area contributed by atoms with Crippen LogP contribution in [0.2, 0.25) is 0 Å². The van der Waals surface area contributed by atoms with E-state index in [0.29, 0.717) is 4.60 Å². The molecule has 1 heterocycles. The van der Waals surface area contributed by atoms with Crippen molar-refractivity contribution in [3.05, 3.63) is 40.5 Å². The Labute approximate surface area is 114 Å². The molecule has 0 aliphatic heterocycles. The van der Waals surface area contributed by atoms with Crippen LogP contribution in [0.4, 0.5) is 19.0 Å². The molecule has 0 radical (unpaired) electrons. The predicted molar refractivity (Wildman–Crippen MR) is 65.7 cm³/mol. The van der Waals surface area contributed by atoms with Gasteiger partial charge in [0.2, 0.25) is 0 Å². The highest BCUT2D eigenvalue weighted by Crippen LogP contribution is 2.31. The fourth-order valence-electron chi connectivity index (χ4n) is 1.28. The van der Waals surface area contributed by atoms with E-state index < -0.39 is 11.7 Å². The second-order valence-corrected chi connectivity index (χ2v) is 4.33. The van der Waals surface area contributed by atoms with Gasteiger partial charge in [-0.1, -0.05) is 0 Å². The van der Waals surface area contributed by atoms with E-state index in [0.717, 1.165) is 12.1 Å². The summed E-state index contributed by atoms with van der Waals surface area (Å²) in [4.78, 5) is 7.67. The third-order valence-electron chi connectivity index (χ3n) is 2.08. The number of nitrogen functional groups attached to an aromatic ring is 1. The first-order chi connectivity index (χ1) is 8.84. The highest BCUT2D eigenvalue weighted by atomic mass is 79.9. The molecular formula is C11H7BrF3N3O. The molecule has 0 amide bonds. The van der Waals surface area contributed by atoms with Crippen LogP contribution in [-0.4, -0.2) is 9.97 Å². The van der Waals surface area contributed by atoms with Crippen molar-refractivity contribution >= 4 is 21.7 Å². The predicted octanol–water partition coefficient (Wildman–Crippen LogP) is 3.63. The summed E-state index contributed by atoms with van der Waals surface area (Å²) in [5, 5.41) is 0. The molecule has 0 saturated carbocycles. The highest BCUT2D eigenvalue weighted by Gasteiger charge is 2.30. The number of anilines is 1. The first kappa shape index (κ1) is 13.6. The Morgan fingerprint density at radius 2 is 1.74 bits per heavy atom. The molecule has 19 heavy (non-hydrogen) atoms. The summed E-state index contributed by atoms with van der Waals surface area (Å²) in [6.07, 6.45) is -4.38. The summed E-state index contributed by atoms with van der Waals surface area (Å²) >= 11 is 3.10. The zero-order valence-electron chi connectivity index (χ0n) is 9.28. The summed E-state index contributed by atoms with van der Waals surface area (Å²) in [6.45, 7) is 0. The molecule has 4 nitrogen and oxygen atoms in total. The lowest BCUT2D eigenvalue weighted by Gasteiger charge is -2.08. The van der Waals surface area contributed by atoms with Crippen molar-refractivity contribution in [1.82, 2.24) is 9.97 Å². The summed E-state index contributed by atoms with van der Waals surface area (Å²) in [7, 11) is 0. The number of hydrogen-bond donors (Lipinski definition) is 1. The number of hydrogen-bond acceptors (Lipinski definition) is 4. The van der Waals surface area contributed by atoms with Crippen molar-refractivity contribution in [2.45, 2.75) is 6.18 Å². The third kappa shape index (κ3) is 3.57. The Bertz CT molecular complexity index is 566. The topological polar surface area (TPSA) is 61.0 Å². The van der Waals surface area contributed by atoms with E-state index >= 15 is 0 Å². The number of nitrogens with zero attached hydrogens (tertiary/aromatic N) is 2. The molecule has 2 N–H and O–H groups in total. The van der Waals surface area contributed by atoms with E-state index in [1.54, 1.807) is 0 Å².